The molecule has 0 spiro atoms. The van der Waals surface area contributed by atoms with Gasteiger partial charge in [-0.2, -0.15) is 0 Å². The molecule has 104 valence electrons. The number of rotatable bonds is 5. The Kier molecular flexibility index (Phi) is 5.82. The molecule has 4 N–H and O–H groups in total. The third-order valence-electron chi connectivity index (χ3n) is 2.70. The van der Waals surface area contributed by atoms with Gasteiger partial charge in [-0.25, -0.2) is 0 Å². The quantitative estimate of drug-likeness (QED) is 0.334. The molecule has 6 heteroatoms. The zero-order valence-electron chi connectivity index (χ0n) is 10.9. The largest absolute Gasteiger partial charge is 0.409 e. The van der Waals surface area contributed by atoms with Gasteiger partial charge < -0.3 is 16.3 Å². The number of hydrogen-bond donors (Lipinski definition) is 3. The number of nitrogens with one attached hydrogen (secondary N) is 1. The number of amides is 1. The Balaban J connectivity index is 2.65. The zero-order valence-corrected chi connectivity index (χ0v) is 12.5. The Hall–Kier alpha value is -1.56. The van der Waals surface area contributed by atoms with E-state index in [1.807, 2.05) is 38.1 Å². The number of benzene rings is 1. The molecule has 0 aliphatic heterocycles. The molecule has 5 nitrogen and oxygen atoms in total. The van der Waals surface area contributed by atoms with Crippen molar-refractivity contribution < 1.29 is 10.0 Å². The standard InChI is InChI=1S/C13H18BrN3O2/c1-8(2)12(13(15)17-19)16-11(18)7-9-3-5-10(14)6-4-9/h3-6,8,12,19H,7H2,1-2H3,(H2,15,17)(H,16,18). The minimum Gasteiger partial charge on any atom is -0.409 e. The van der Waals surface area contributed by atoms with E-state index in [0.717, 1.165) is 10.0 Å². The van der Waals surface area contributed by atoms with Gasteiger partial charge in [0, 0.05) is 4.47 Å². The highest BCUT2D eigenvalue weighted by Gasteiger charge is 2.20. The summed E-state index contributed by atoms with van der Waals surface area (Å²) in [7, 11) is 0. The highest BCUT2D eigenvalue weighted by Crippen LogP contribution is 2.11. The van der Waals surface area contributed by atoms with Gasteiger partial charge in [0.2, 0.25) is 5.91 Å². The third kappa shape index (κ3) is 4.90. The Labute approximate surface area is 121 Å². The first-order valence-corrected chi connectivity index (χ1v) is 6.74. The SMILES string of the molecule is CC(C)C(NC(=O)Cc1ccc(Br)cc1)C(N)=NO. The van der Waals surface area contributed by atoms with E-state index < -0.39 is 6.04 Å². The Morgan fingerprint density at radius 3 is 2.47 bits per heavy atom. The summed E-state index contributed by atoms with van der Waals surface area (Å²) < 4.78 is 0.966. The van der Waals surface area contributed by atoms with Gasteiger partial charge in [0.1, 0.15) is 0 Å². The summed E-state index contributed by atoms with van der Waals surface area (Å²) in [5, 5.41) is 14.4. The molecule has 1 amide bonds. The van der Waals surface area contributed by atoms with E-state index in [9.17, 15) is 4.79 Å². The number of carbonyl (C=O) groups is 1. The van der Waals surface area contributed by atoms with Crippen molar-refractivity contribution in [2.45, 2.75) is 26.3 Å². The lowest BCUT2D eigenvalue weighted by atomic mass is 10.0. The van der Waals surface area contributed by atoms with Crippen molar-refractivity contribution in [3.63, 3.8) is 0 Å². The van der Waals surface area contributed by atoms with E-state index in [1.165, 1.54) is 0 Å². The first kappa shape index (κ1) is 15.5. The Bertz CT molecular complexity index is 457. The molecule has 0 saturated heterocycles. The molecule has 1 atom stereocenters. The number of carbonyl (C=O) groups excluding carboxylic acids is 1. The van der Waals surface area contributed by atoms with Gasteiger partial charge in [-0.15, -0.1) is 0 Å². The predicted octanol–water partition coefficient (Wildman–Crippen LogP) is 1.88. The molecule has 19 heavy (non-hydrogen) atoms. The fourth-order valence-electron chi connectivity index (χ4n) is 1.66. The smallest absolute Gasteiger partial charge is 0.225 e. The molecule has 0 bridgehead atoms. The topological polar surface area (TPSA) is 87.7 Å². The van der Waals surface area contributed by atoms with Crippen LogP contribution < -0.4 is 11.1 Å². The van der Waals surface area contributed by atoms with E-state index in [4.69, 9.17) is 10.9 Å². The van der Waals surface area contributed by atoms with Crippen LogP contribution in [0.25, 0.3) is 0 Å². The van der Waals surface area contributed by atoms with Gasteiger partial charge in [0.15, 0.2) is 5.84 Å². The van der Waals surface area contributed by atoms with E-state index in [-0.39, 0.29) is 24.1 Å². The van der Waals surface area contributed by atoms with Crippen molar-refractivity contribution in [2.75, 3.05) is 0 Å². The van der Waals surface area contributed by atoms with Gasteiger partial charge in [0.25, 0.3) is 0 Å². The fraction of sp³-hybridized carbons (Fsp3) is 0.385. The molecule has 0 saturated carbocycles. The maximum Gasteiger partial charge on any atom is 0.225 e. The minimum absolute atomic E-state index is 0.0131. The van der Waals surface area contributed by atoms with E-state index in [1.54, 1.807) is 0 Å². The molecule has 1 aromatic carbocycles. The second kappa shape index (κ2) is 7.13. The van der Waals surface area contributed by atoms with Crippen molar-refractivity contribution >= 4 is 27.7 Å². The minimum atomic E-state index is -0.465. The highest BCUT2D eigenvalue weighted by atomic mass is 79.9. The summed E-state index contributed by atoms with van der Waals surface area (Å²) in [4.78, 5) is 11.9. The first-order chi connectivity index (χ1) is 8.93. The molecular weight excluding hydrogens is 310 g/mol. The Morgan fingerprint density at radius 2 is 2.00 bits per heavy atom. The maximum absolute atomic E-state index is 11.9. The van der Waals surface area contributed by atoms with Crippen molar-refractivity contribution in [3.05, 3.63) is 34.3 Å². The van der Waals surface area contributed by atoms with Gasteiger partial charge in [-0.3, -0.25) is 4.79 Å². The average Bonchev–Trinajstić information content (AvgIpc) is 2.37. The van der Waals surface area contributed by atoms with Crippen LogP contribution in [0.2, 0.25) is 0 Å². The lowest BCUT2D eigenvalue weighted by molar-refractivity contribution is -0.121. The molecule has 1 aromatic rings. The van der Waals surface area contributed by atoms with Gasteiger partial charge >= 0.3 is 0 Å². The fourth-order valence-corrected chi connectivity index (χ4v) is 1.92. The van der Waals surface area contributed by atoms with Gasteiger partial charge in [0.05, 0.1) is 12.5 Å². The number of amidine groups is 1. The molecule has 0 radical (unpaired) electrons. The summed E-state index contributed by atoms with van der Waals surface area (Å²) in [6, 6.07) is 7.04. The molecule has 1 rings (SSSR count). The summed E-state index contributed by atoms with van der Waals surface area (Å²) in [6.07, 6.45) is 0.259. The zero-order chi connectivity index (χ0) is 14.4. The van der Waals surface area contributed by atoms with Crippen LogP contribution in [0.5, 0.6) is 0 Å². The first-order valence-electron chi connectivity index (χ1n) is 5.95. The van der Waals surface area contributed by atoms with Crippen LogP contribution in [-0.2, 0) is 11.2 Å². The summed E-state index contributed by atoms with van der Waals surface area (Å²) in [5.41, 5.74) is 6.46. The average molecular weight is 328 g/mol. The second-order valence-electron chi connectivity index (χ2n) is 4.62. The number of nitrogens with zero attached hydrogens (tertiary/aromatic N) is 1. The van der Waals surface area contributed by atoms with E-state index in [0.29, 0.717) is 0 Å². The number of halogens is 1. The maximum atomic E-state index is 11.9. The summed E-state index contributed by atoms with van der Waals surface area (Å²) in [6.45, 7) is 3.78. The van der Waals surface area contributed by atoms with Crippen LogP contribution in [-0.4, -0.2) is 23.0 Å². The summed E-state index contributed by atoms with van der Waals surface area (Å²) in [5.74, 6) is -0.100. The molecule has 1 unspecified atom stereocenters. The lowest BCUT2D eigenvalue weighted by Gasteiger charge is -2.20. The molecule has 0 fully saturated rings. The Morgan fingerprint density at radius 1 is 1.42 bits per heavy atom. The highest BCUT2D eigenvalue weighted by molar-refractivity contribution is 9.10. The van der Waals surface area contributed by atoms with E-state index in [2.05, 4.69) is 26.4 Å². The van der Waals surface area contributed by atoms with Crippen molar-refractivity contribution in [1.82, 2.24) is 5.32 Å². The van der Waals surface area contributed by atoms with Crippen LogP contribution in [0, 0.1) is 5.92 Å². The molecule has 0 aliphatic rings. The van der Waals surface area contributed by atoms with Crippen LogP contribution in [0.1, 0.15) is 19.4 Å². The second-order valence-corrected chi connectivity index (χ2v) is 5.53. The van der Waals surface area contributed by atoms with Crippen LogP contribution in [0.15, 0.2) is 33.9 Å². The normalized spacial score (nSPS) is 13.4. The molecule has 0 aliphatic carbocycles. The third-order valence-corrected chi connectivity index (χ3v) is 3.22. The lowest BCUT2D eigenvalue weighted by Crippen LogP contribution is -2.48. The monoisotopic (exact) mass is 327 g/mol. The van der Waals surface area contributed by atoms with Crippen LogP contribution >= 0.6 is 15.9 Å². The molecular formula is C13H18BrN3O2. The van der Waals surface area contributed by atoms with E-state index >= 15 is 0 Å². The van der Waals surface area contributed by atoms with Gasteiger partial charge in [-0.1, -0.05) is 47.1 Å². The molecule has 0 heterocycles. The van der Waals surface area contributed by atoms with Gasteiger partial charge in [-0.05, 0) is 23.6 Å². The van der Waals surface area contributed by atoms with Crippen LogP contribution in [0.4, 0.5) is 0 Å². The van der Waals surface area contributed by atoms with Crippen molar-refractivity contribution in [2.24, 2.45) is 16.8 Å². The number of hydrogen-bond acceptors (Lipinski definition) is 3. The van der Waals surface area contributed by atoms with Crippen LogP contribution in [0.3, 0.4) is 0 Å². The van der Waals surface area contributed by atoms with Crippen molar-refractivity contribution in [1.29, 1.82) is 0 Å². The van der Waals surface area contributed by atoms with Crippen molar-refractivity contribution in [3.8, 4) is 0 Å². The number of nitrogens with two attached hydrogens (primary N) is 1. The number of oxime groups is 1. The predicted molar refractivity (Wildman–Crippen MR) is 78.0 cm³/mol. The summed E-state index contributed by atoms with van der Waals surface area (Å²) >= 11 is 3.34. The molecule has 0 aromatic heterocycles.